The Bertz CT molecular complexity index is 452. The lowest BCUT2D eigenvalue weighted by Crippen LogP contribution is -2.50. The summed E-state index contributed by atoms with van der Waals surface area (Å²) in [5, 5.41) is 0. The number of rotatable bonds is 16. The van der Waals surface area contributed by atoms with Crippen LogP contribution in [0.25, 0.3) is 0 Å². The van der Waals surface area contributed by atoms with E-state index in [4.69, 9.17) is 13.8 Å². The molecule has 0 aliphatic heterocycles. The fraction of sp³-hybridized carbons (Fsp3) is 0.833. The first kappa shape index (κ1) is 25.3. The molecule has 0 amide bonds. The third-order valence-electron chi connectivity index (χ3n) is 4.04. The van der Waals surface area contributed by atoms with Gasteiger partial charge in [-0.25, -0.2) is 9.36 Å². The van der Waals surface area contributed by atoms with Gasteiger partial charge in [0, 0.05) is 12.0 Å². The highest BCUT2D eigenvalue weighted by molar-refractivity contribution is 7.47. The first-order valence-electron chi connectivity index (χ1n) is 9.51. The molecule has 0 fully saturated rings. The van der Waals surface area contributed by atoms with Crippen LogP contribution in [-0.2, 0) is 23.1 Å². The minimum atomic E-state index is -4.13. The highest BCUT2D eigenvalue weighted by Gasteiger charge is 2.26. The van der Waals surface area contributed by atoms with Gasteiger partial charge >= 0.3 is 13.8 Å². The van der Waals surface area contributed by atoms with E-state index in [0.717, 1.165) is 49.9 Å². The Morgan fingerprint density at radius 2 is 1.46 bits per heavy atom. The molecule has 0 aromatic rings. The lowest BCUT2D eigenvalue weighted by molar-refractivity contribution is -0.928. The van der Waals surface area contributed by atoms with Crippen molar-refractivity contribution >= 4 is 13.8 Å². The van der Waals surface area contributed by atoms with E-state index in [0.29, 0.717) is 6.42 Å². The first-order valence-corrected chi connectivity index (χ1v) is 11.0. The number of carbonyl (C=O) groups is 1. The third-order valence-corrected chi connectivity index (χ3v) is 5.06. The van der Waals surface area contributed by atoms with Gasteiger partial charge in [-0.1, -0.05) is 27.4 Å². The minimum absolute atomic E-state index is 0.122. The van der Waals surface area contributed by atoms with E-state index in [1.54, 1.807) is 0 Å². The van der Waals surface area contributed by atoms with Crippen LogP contribution in [0, 0.1) is 0 Å². The molecule has 1 N–H and O–H groups in total. The topological polar surface area (TPSA) is 82.1 Å². The zero-order chi connectivity index (χ0) is 20.1. The highest BCUT2D eigenvalue weighted by atomic mass is 31.2. The smallest absolute Gasteiger partial charge is 0.460 e. The molecule has 154 valence electrons. The number of esters is 1. The van der Waals surface area contributed by atoms with Gasteiger partial charge in [0.1, 0.15) is 6.61 Å². The van der Waals surface area contributed by atoms with Gasteiger partial charge in [0.25, 0.3) is 0 Å². The molecule has 7 nitrogen and oxygen atoms in total. The van der Waals surface area contributed by atoms with Crippen LogP contribution in [0.1, 0.15) is 53.4 Å². The second-order valence-electron chi connectivity index (χ2n) is 6.64. The SMILES string of the molecule is C=C(C)C(=O)OCCOP(=O)(O)OCCC[N+](CCC)(CCC)CCC. The summed E-state index contributed by atoms with van der Waals surface area (Å²) in [5.74, 6) is -0.556. The summed E-state index contributed by atoms with van der Waals surface area (Å²) in [6, 6.07) is 0. The largest absolute Gasteiger partial charge is 0.472 e. The van der Waals surface area contributed by atoms with E-state index < -0.39 is 13.8 Å². The van der Waals surface area contributed by atoms with Crippen LogP contribution in [0.4, 0.5) is 0 Å². The molecule has 26 heavy (non-hydrogen) atoms. The lowest BCUT2D eigenvalue weighted by atomic mass is 10.2. The fourth-order valence-corrected chi connectivity index (χ4v) is 3.86. The highest BCUT2D eigenvalue weighted by Crippen LogP contribution is 2.43. The number of quaternary nitrogens is 1. The van der Waals surface area contributed by atoms with Crippen LogP contribution < -0.4 is 0 Å². The van der Waals surface area contributed by atoms with Crippen molar-refractivity contribution in [3.05, 3.63) is 12.2 Å². The molecule has 0 heterocycles. The maximum absolute atomic E-state index is 11.8. The van der Waals surface area contributed by atoms with E-state index in [-0.39, 0.29) is 25.4 Å². The van der Waals surface area contributed by atoms with Gasteiger partial charge in [0.15, 0.2) is 0 Å². The fourth-order valence-electron chi connectivity index (χ4n) is 3.12. The molecule has 0 spiro atoms. The predicted octanol–water partition coefficient (Wildman–Crippen LogP) is 3.68. The Morgan fingerprint density at radius 1 is 0.962 bits per heavy atom. The molecular weight excluding hydrogens is 357 g/mol. The molecule has 1 unspecified atom stereocenters. The van der Waals surface area contributed by atoms with Gasteiger partial charge in [-0.15, -0.1) is 0 Å². The first-order chi connectivity index (χ1) is 12.2. The van der Waals surface area contributed by atoms with Crippen LogP contribution in [0.3, 0.4) is 0 Å². The lowest BCUT2D eigenvalue weighted by Gasteiger charge is -2.38. The van der Waals surface area contributed by atoms with Crippen molar-refractivity contribution in [2.24, 2.45) is 0 Å². The molecule has 1 atom stereocenters. The average Bonchev–Trinajstić information content (AvgIpc) is 2.56. The molecule has 0 radical (unpaired) electrons. The third kappa shape index (κ3) is 11.1. The van der Waals surface area contributed by atoms with Crippen LogP contribution in [0.2, 0.25) is 0 Å². The second-order valence-corrected chi connectivity index (χ2v) is 8.09. The number of phosphoric ester groups is 1. The summed E-state index contributed by atoms with van der Waals surface area (Å²) in [6.07, 6.45) is 4.04. The van der Waals surface area contributed by atoms with Gasteiger partial charge in [-0.05, 0) is 26.2 Å². The number of hydrogen-bond acceptors (Lipinski definition) is 5. The van der Waals surface area contributed by atoms with Gasteiger partial charge < -0.3 is 14.1 Å². The van der Waals surface area contributed by atoms with Crippen molar-refractivity contribution in [1.29, 1.82) is 0 Å². The number of phosphoric acid groups is 1. The van der Waals surface area contributed by atoms with Crippen molar-refractivity contribution in [3.63, 3.8) is 0 Å². The Labute approximate surface area is 158 Å². The maximum atomic E-state index is 11.8. The van der Waals surface area contributed by atoms with E-state index in [1.165, 1.54) is 6.92 Å². The van der Waals surface area contributed by atoms with Crippen molar-refractivity contribution in [2.75, 3.05) is 46.0 Å². The van der Waals surface area contributed by atoms with Gasteiger partial charge in [-0.2, -0.15) is 0 Å². The number of carbonyl (C=O) groups excluding carboxylic acids is 1. The standard InChI is InChI=1S/C18H36NO6P/c1-6-10-19(11-7-2,12-8-3)13-9-14-24-26(21,22)25-16-15-23-18(20)17(4)5/h4,6-16H2,1-3,5H3/p+1. The Balaban J connectivity index is 4.22. The van der Waals surface area contributed by atoms with Crippen molar-refractivity contribution < 1.29 is 32.5 Å². The monoisotopic (exact) mass is 394 g/mol. The number of hydrogen-bond donors (Lipinski definition) is 1. The van der Waals surface area contributed by atoms with E-state index in [1.807, 2.05) is 0 Å². The molecule has 0 saturated carbocycles. The van der Waals surface area contributed by atoms with Crippen LogP contribution in [0.5, 0.6) is 0 Å². The molecule has 8 heteroatoms. The Morgan fingerprint density at radius 3 is 1.92 bits per heavy atom. The summed E-state index contributed by atoms with van der Waals surface area (Å²) >= 11 is 0. The second kappa shape index (κ2) is 13.4. The zero-order valence-electron chi connectivity index (χ0n) is 16.9. The number of nitrogens with zero attached hydrogens (tertiary/aromatic N) is 1. The van der Waals surface area contributed by atoms with Crippen LogP contribution >= 0.6 is 7.82 Å². The van der Waals surface area contributed by atoms with E-state index in [9.17, 15) is 14.3 Å². The molecule has 0 aliphatic rings. The Hall–Kier alpha value is -0.720. The quantitative estimate of drug-likeness (QED) is 0.141. The maximum Gasteiger partial charge on any atom is 0.472 e. The molecule has 0 bridgehead atoms. The van der Waals surface area contributed by atoms with Crippen molar-refractivity contribution in [1.82, 2.24) is 0 Å². The van der Waals surface area contributed by atoms with Crippen LogP contribution in [0.15, 0.2) is 12.2 Å². The Kier molecular flexibility index (Phi) is 13.1. The zero-order valence-corrected chi connectivity index (χ0v) is 17.8. The van der Waals surface area contributed by atoms with Gasteiger partial charge in [0.05, 0.1) is 39.4 Å². The minimum Gasteiger partial charge on any atom is -0.460 e. The summed E-state index contributed by atoms with van der Waals surface area (Å²) < 4.78 is 27.5. The number of ether oxygens (including phenoxy) is 1. The molecule has 0 saturated heterocycles. The van der Waals surface area contributed by atoms with Gasteiger partial charge in [-0.3, -0.25) is 9.05 Å². The predicted molar refractivity (Wildman–Crippen MR) is 103 cm³/mol. The molecule has 0 aliphatic carbocycles. The summed E-state index contributed by atoms with van der Waals surface area (Å²) in [6.45, 7) is 15.6. The van der Waals surface area contributed by atoms with Crippen molar-refractivity contribution in [2.45, 2.75) is 53.4 Å². The molecule has 0 aromatic heterocycles. The van der Waals surface area contributed by atoms with E-state index in [2.05, 4.69) is 27.4 Å². The summed E-state index contributed by atoms with van der Waals surface area (Å²) in [4.78, 5) is 20.9. The summed E-state index contributed by atoms with van der Waals surface area (Å²) in [5.41, 5.74) is 0.265. The van der Waals surface area contributed by atoms with Gasteiger partial charge in [0.2, 0.25) is 0 Å². The molecule has 0 rings (SSSR count). The van der Waals surface area contributed by atoms with Crippen molar-refractivity contribution in [3.8, 4) is 0 Å². The molecular formula is C18H37NO6P+. The normalized spacial score (nSPS) is 14.0. The summed E-state index contributed by atoms with van der Waals surface area (Å²) in [7, 11) is -4.13. The van der Waals surface area contributed by atoms with Crippen LogP contribution in [-0.4, -0.2) is 61.3 Å². The van der Waals surface area contributed by atoms with E-state index >= 15 is 0 Å². The molecule has 0 aromatic carbocycles. The average molecular weight is 394 g/mol.